The fourth-order valence-corrected chi connectivity index (χ4v) is 1.83. The number of phenols is 1. The summed E-state index contributed by atoms with van der Waals surface area (Å²) in [4.78, 5) is 13.6. The lowest BCUT2D eigenvalue weighted by molar-refractivity contribution is -0.146. The van der Waals surface area contributed by atoms with Gasteiger partial charge < -0.3 is 20.3 Å². The van der Waals surface area contributed by atoms with Gasteiger partial charge in [0, 0.05) is 16.6 Å². The second-order valence-electron chi connectivity index (χ2n) is 3.60. The first-order valence-corrected chi connectivity index (χ1v) is 4.73. The second kappa shape index (κ2) is 3.53. The Labute approximate surface area is 91.0 Å². The summed E-state index contributed by atoms with van der Waals surface area (Å²) in [5, 5.41) is 28.4. The molecule has 16 heavy (non-hydrogen) atoms. The third-order valence-electron chi connectivity index (χ3n) is 2.56. The van der Waals surface area contributed by atoms with Crippen LogP contribution in [-0.2, 0) is 4.79 Å². The lowest BCUT2D eigenvalue weighted by Gasteiger charge is -2.05. The Balaban J connectivity index is 2.74. The van der Waals surface area contributed by atoms with E-state index in [4.69, 9.17) is 5.11 Å². The maximum atomic E-state index is 10.8. The molecule has 1 heterocycles. The van der Waals surface area contributed by atoms with Crippen molar-refractivity contribution in [3.05, 3.63) is 29.5 Å². The molecule has 5 heteroatoms. The van der Waals surface area contributed by atoms with Crippen molar-refractivity contribution < 1.29 is 20.1 Å². The van der Waals surface area contributed by atoms with Crippen LogP contribution in [0.4, 0.5) is 0 Å². The van der Waals surface area contributed by atoms with E-state index in [0.717, 1.165) is 0 Å². The summed E-state index contributed by atoms with van der Waals surface area (Å²) >= 11 is 0. The number of aliphatic hydroxyl groups is 1. The van der Waals surface area contributed by atoms with Crippen LogP contribution in [0.15, 0.2) is 18.2 Å². The molecule has 2 aromatic rings. The van der Waals surface area contributed by atoms with E-state index in [1.807, 2.05) is 0 Å². The molecule has 0 radical (unpaired) electrons. The topological polar surface area (TPSA) is 93.5 Å². The second-order valence-corrected chi connectivity index (χ2v) is 3.60. The normalized spacial score (nSPS) is 12.9. The summed E-state index contributed by atoms with van der Waals surface area (Å²) < 4.78 is 0. The van der Waals surface area contributed by atoms with Crippen molar-refractivity contribution in [3.63, 3.8) is 0 Å². The fourth-order valence-electron chi connectivity index (χ4n) is 1.83. The summed E-state index contributed by atoms with van der Waals surface area (Å²) in [6, 6.07) is 4.75. The molecule has 0 spiro atoms. The Bertz CT molecular complexity index is 558. The fraction of sp³-hybridized carbons (Fsp3) is 0.182. The van der Waals surface area contributed by atoms with Crippen LogP contribution in [-0.4, -0.2) is 26.3 Å². The molecule has 0 fully saturated rings. The molecule has 5 nitrogen and oxygen atoms in total. The molecule has 0 bridgehead atoms. The standard InChI is InChI=1S/C11H11NO4/c1-5-8(10(14)11(15)16)6-3-2-4-7(13)9(6)12-5/h2-4,10,12-14H,1H3,(H,15,16). The minimum Gasteiger partial charge on any atom is -0.506 e. The molecule has 0 amide bonds. The number of aliphatic hydroxyl groups excluding tert-OH is 1. The monoisotopic (exact) mass is 221 g/mol. The zero-order chi connectivity index (χ0) is 11.9. The van der Waals surface area contributed by atoms with Gasteiger partial charge in [0.15, 0.2) is 6.10 Å². The van der Waals surface area contributed by atoms with E-state index in [2.05, 4.69) is 4.98 Å². The molecule has 0 aliphatic rings. The molecule has 1 unspecified atom stereocenters. The lowest BCUT2D eigenvalue weighted by Crippen LogP contribution is -2.11. The van der Waals surface area contributed by atoms with Gasteiger partial charge in [-0.1, -0.05) is 12.1 Å². The average molecular weight is 221 g/mol. The Kier molecular flexibility index (Phi) is 2.32. The first-order valence-electron chi connectivity index (χ1n) is 4.73. The van der Waals surface area contributed by atoms with Gasteiger partial charge in [-0.05, 0) is 13.0 Å². The van der Waals surface area contributed by atoms with Crippen molar-refractivity contribution in [1.82, 2.24) is 4.98 Å². The third-order valence-corrected chi connectivity index (χ3v) is 2.56. The average Bonchev–Trinajstić information content (AvgIpc) is 2.55. The van der Waals surface area contributed by atoms with Crippen molar-refractivity contribution in [2.75, 3.05) is 0 Å². The molecule has 1 atom stereocenters. The number of carbonyl (C=O) groups is 1. The van der Waals surface area contributed by atoms with Gasteiger partial charge in [0.05, 0.1) is 5.52 Å². The number of benzene rings is 1. The summed E-state index contributed by atoms with van der Waals surface area (Å²) in [5.41, 5.74) is 1.26. The number of nitrogens with one attached hydrogen (secondary N) is 1. The molecule has 0 aliphatic heterocycles. The predicted molar refractivity (Wildman–Crippen MR) is 57.3 cm³/mol. The number of phenolic OH excluding ortho intramolecular Hbond substituents is 1. The van der Waals surface area contributed by atoms with Crippen molar-refractivity contribution in [3.8, 4) is 5.75 Å². The molecule has 84 valence electrons. The quantitative estimate of drug-likeness (QED) is 0.614. The highest BCUT2D eigenvalue weighted by Gasteiger charge is 2.23. The zero-order valence-corrected chi connectivity index (χ0v) is 8.56. The van der Waals surface area contributed by atoms with Gasteiger partial charge in [0.1, 0.15) is 5.75 Å². The van der Waals surface area contributed by atoms with Crippen LogP contribution < -0.4 is 0 Å². The maximum absolute atomic E-state index is 10.8. The van der Waals surface area contributed by atoms with E-state index in [-0.39, 0.29) is 5.75 Å². The number of hydrogen-bond donors (Lipinski definition) is 4. The number of aliphatic carboxylic acids is 1. The molecule has 4 N–H and O–H groups in total. The van der Waals surface area contributed by atoms with Crippen LogP contribution >= 0.6 is 0 Å². The van der Waals surface area contributed by atoms with E-state index in [1.165, 1.54) is 6.07 Å². The minimum atomic E-state index is -1.59. The molecule has 1 aromatic carbocycles. The van der Waals surface area contributed by atoms with Gasteiger partial charge in [-0.2, -0.15) is 0 Å². The maximum Gasteiger partial charge on any atom is 0.337 e. The zero-order valence-electron chi connectivity index (χ0n) is 8.56. The van der Waals surface area contributed by atoms with Crippen molar-refractivity contribution in [2.45, 2.75) is 13.0 Å². The van der Waals surface area contributed by atoms with E-state index in [1.54, 1.807) is 19.1 Å². The van der Waals surface area contributed by atoms with E-state index < -0.39 is 12.1 Å². The van der Waals surface area contributed by atoms with Gasteiger partial charge in [-0.3, -0.25) is 0 Å². The highest BCUT2D eigenvalue weighted by Crippen LogP contribution is 2.32. The summed E-state index contributed by atoms with van der Waals surface area (Å²) in [7, 11) is 0. The third kappa shape index (κ3) is 1.42. The number of para-hydroxylation sites is 1. The number of carboxylic acid groups (broad SMARTS) is 1. The van der Waals surface area contributed by atoms with Gasteiger partial charge in [0.2, 0.25) is 0 Å². The number of aromatic hydroxyl groups is 1. The molecule has 0 aliphatic carbocycles. The van der Waals surface area contributed by atoms with Gasteiger partial charge >= 0.3 is 5.97 Å². The highest BCUT2D eigenvalue weighted by atomic mass is 16.4. The summed E-state index contributed by atoms with van der Waals surface area (Å²) in [6.07, 6.45) is -1.59. The molecular weight excluding hydrogens is 210 g/mol. The van der Waals surface area contributed by atoms with Gasteiger partial charge in [-0.25, -0.2) is 4.79 Å². The Morgan fingerprint density at radius 2 is 2.12 bits per heavy atom. The van der Waals surface area contributed by atoms with E-state index in [9.17, 15) is 15.0 Å². The van der Waals surface area contributed by atoms with Crippen LogP contribution in [0, 0.1) is 6.92 Å². The van der Waals surface area contributed by atoms with Crippen LogP contribution in [0.5, 0.6) is 5.75 Å². The highest BCUT2D eigenvalue weighted by molar-refractivity contribution is 5.93. The van der Waals surface area contributed by atoms with Gasteiger partial charge in [0.25, 0.3) is 0 Å². The van der Waals surface area contributed by atoms with Crippen LogP contribution in [0.2, 0.25) is 0 Å². The number of carboxylic acids is 1. The van der Waals surface area contributed by atoms with Crippen molar-refractivity contribution >= 4 is 16.9 Å². The van der Waals surface area contributed by atoms with Crippen LogP contribution in [0.1, 0.15) is 17.4 Å². The van der Waals surface area contributed by atoms with E-state index in [0.29, 0.717) is 22.2 Å². The number of aromatic amines is 1. The van der Waals surface area contributed by atoms with E-state index >= 15 is 0 Å². The largest absolute Gasteiger partial charge is 0.506 e. The van der Waals surface area contributed by atoms with Crippen LogP contribution in [0.3, 0.4) is 0 Å². The number of aryl methyl sites for hydroxylation is 1. The van der Waals surface area contributed by atoms with Gasteiger partial charge in [-0.15, -0.1) is 0 Å². The van der Waals surface area contributed by atoms with Crippen molar-refractivity contribution in [2.24, 2.45) is 0 Å². The van der Waals surface area contributed by atoms with Crippen molar-refractivity contribution in [1.29, 1.82) is 0 Å². The van der Waals surface area contributed by atoms with Crippen LogP contribution in [0.25, 0.3) is 10.9 Å². The summed E-state index contributed by atoms with van der Waals surface area (Å²) in [6.45, 7) is 1.65. The molecule has 2 rings (SSSR count). The first-order chi connectivity index (χ1) is 7.52. The molecule has 0 saturated carbocycles. The minimum absolute atomic E-state index is 0.0319. The molecular formula is C11H11NO4. The Morgan fingerprint density at radius 1 is 1.44 bits per heavy atom. The summed E-state index contributed by atoms with van der Waals surface area (Å²) in [5.74, 6) is -1.28. The number of H-pyrrole nitrogens is 1. The number of rotatable bonds is 2. The Hall–Kier alpha value is -2.01. The number of aromatic nitrogens is 1. The lowest BCUT2D eigenvalue weighted by atomic mass is 10.1. The first kappa shape index (κ1) is 10.5. The Morgan fingerprint density at radius 3 is 2.75 bits per heavy atom. The number of hydrogen-bond acceptors (Lipinski definition) is 3. The smallest absolute Gasteiger partial charge is 0.337 e. The molecule has 0 saturated heterocycles. The predicted octanol–water partition coefficient (Wildman–Crippen LogP) is 1.30. The number of fused-ring (bicyclic) bond motifs is 1. The SMILES string of the molecule is Cc1[nH]c2c(O)cccc2c1C(O)C(=O)O. The molecule has 1 aromatic heterocycles.